The number of amides is 3. The van der Waals surface area contributed by atoms with Crippen molar-refractivity contribution in [1.82, 2.24) is 4.90 Å². The van der Waals surface area contributed by atoms with Crippen molar-refractivity contribution in [1.29, 1.82) is 0 Å². The lowest BCUT2D eigenvalue weighted by molar-refractivity contribution is -0.168. The molecule has 2 atom stereocenters. The first-order valence-corrected chi connectivity index (χ1v) is 9.50. The van der Waals surface area contributed by atoms with Crippen LogP contribution in [-0.2, 0) is 14.4 Å². The maximum absolute atomic E-state index is 13.0. The number of rotatable bonds is 6. The zero-order chi connectivity index (χ0) is 19.8. The molecule has 27 heavy (non-hydrogen) atoms. The Kier molecular flexibility index (Phi) is 5.02. The summed E-state index contributed by atoms with van der Waals surface area (Å²) in [6.45, 7) is 6.33. The van der Waals surface area contributed by atoms with Crippen LogP contribution >= 0.6 is 0 Å². The highest BCUT2D eigenvalue weighted by molar-refractivity contribution is 6.03. The Labute approximate surface area is 160 Å². The van der Waals surface area contributed by atoms with Gasteiger partial charge in [-0.3, -0.25) is 19.3 Å². The van der Waals surface area contributed by atoms with Gasteiger partial charge in [0.15, 0.2) is 0 Å². The Bertz CT molecular complexity index is 756. The van der Waals surface area contributed by atoms with Gasteiger partial charge in [0.05, 0.1) is 12.5 Å². The van der Waals surface area contributed by atoms with E-state index in [1.165, 1.54) is 4.90 Å². The van der Waals surface area contributed by atoms with Gasteiger partial charge in [-0.1, -0.05) is 20.8 Å². The molecule has 1 aliphatic carbocycles. The fraction of sp³-hybridized carbons (Fsp3) is 0.571. The molecule has 146 valence electrons. The minimum Gasteiger partial charge on any atom is -0.497 e. The first-order chi connectivity index (χ1) is 12.7. The molecular weight excluding hydrogens is 344 g/mol. The number of benzene rings is 1. The maximum Gasteiger partial charge on any atom is 0.235 e. The Balaban J connectivity index is 1.55. The number of hydrogen-bond acceptors (Lipinski definition) is 4. The van der Waals surface area contributed by atoms with Crippen LogP contribution in [0, 0.1) is 16.7 Å². The summed E-state index contributed by atoms with van der Waals surface area (Å²) < 4.78 is 5.09. The highest BCUT2D eigenvalue weighted by Gasteiger charge is 2.64. The van der Waals surface area contributed by atoms with Gasteiger partial charge < -0.3 is 10.1 Å². The van der Waals surface area contributed by atoms with Gasteiger partial charge in [0.25, 0.3) is 0 Å². The lowest BCUT2D eigenvalue weighted by Gasteiger charge is -2.47. The van der Waals surface area contributed by atoms with Gasteiger partial charge in [-0.2, -0.15) is 0 Å². The normalized spacial score (nSPS) is 26.2. The monoisotopic (exact) mass is 372 g/mol. The summed E-state index contributed by atoms with van der Waals surface area (Å²) >= 11 is 0. The number of nitrogens with one attached hydrogen (secondary N) is 1. The first-order valence-electron chi connectivity index (χ1n) is 9.50. The SMILES string of the molecule is COc1ccc(NC(=O)CCCN2C(=O)C3CCC(C)(C2=O)C3(C)C)cc1. The molecule has 2 fully saturated rings. The topological polar surface area (TPSA) is 75.7 Å². The third kappa shape index (κ3) is 3.22. The molecule has 1 aliphatic heterocycles. The van der Waals surface area contributed by atoms with E-state index in [0.717, 1.165) is 18.6 Å². The molecule has 0 radical (unpaired) electrons. The fourth-order valence-corrected chi connectivity index (χ4v) is 4.41. The molecule has 6 nitrogen and oxygen atoms in total. The molecule has 1 aromatic rings. The number of nitrogens with zero attached hydrogens (tertiary/aromatic N) is 1. The summed E-state index contributed by atoms with van der Waals surface area (Å²) in [5.74, 6) is 0.332. The Hall–Kier alpha value is -2.37. The van der Waals surface area contributed by atoms with E-state index in [2.05, 4.69) is 5.32 Å². The number of carbonyl (C=O) groups is 3. The average molecular weight is 372 g/mol. The van der Waals surface area contributed by atoms with E-state index >= 15 is 0 Å². The second-order valence-electron chi connectivity index (χ2n) is 8.32. The van der Waals surface area contributed by atoms with Gasteiger partial charge in [0.1, 0.15) is 5.75 Å². The minimum absolute atomic E-state index is 0.0736. The smallest absolute Gasteiger partial charge is 0.235 e. The average Bonchev–Trinajstić information content (AvgIpc) is 2.82. The summed E-state index contributed by atoms with van der Waals surface area (Å²) in [4.78, 5) is 39.3. The second kappa shape index (κ2) is 6.98. The number of ether oxygens (including phenoxy) is 1. The molecule has 1 saturated heterocycles. The van der Waals surface area contributed by atoms with Crippen molar-refractivity contribution in [3.8, 4) is 5.75 Å². The number of carbonyl (C=O) groups excluding carboxylic acids is 3. The van der Waals surface area contributed by atoms with Gasteiger partial charge in [-0.05, 0) is 48.9 Å². The van der Waals surface area contributed by atoms with Crippen LogP contribution in [0.15, 0.2) is 24.3 Å². The molecule has 2 unspecified atom stereocenters. The molecular formula is C21H28N2O4. The number of methoxy groups -OCH3 is 1. The van der Waals surface area contributed by atoms with Crippen molar-refractivity contribution in [3.63, 3.8) is 0 Å². The predicted octanol–water partition coefficient (Wildman–Crippen LogP) is 3.23. The Morgan fingerprint density at radius 1 is 1.22 bits per heavy atom. The molecule has 1 heterocycles. The largest absolute Gasteiger partial charge is 0.497 e. The Morgan fingerprint density at radius 2 is 1.89 bits per heavy atom. The summed E-state index contributed by atoms with van der Waals surface area (Å²) in [5.41, 5.74) is -0.0985. The molecule has 3 rings (SSSR count). The molecule has 2 aliphatic rings. The molecule has 2 bridgehead atoms. The summed E-state index contributed by atoms with van der Waals surface area (Å²) in [6, 6.07) is 7.10. The van der Waals surface area contributed by atoms with E-state index in [1.807, 2.05) is 20.8 Å². The summed E-state index contributed by atoms with van der Waals surface area (Å²) in [6.07, 6.45) is 2.24. The number of fused-ring (bicyclic) bond motifs is 2. The van der Waals surface area contributed by atoms with E-state index < -0.39 is 5.41 Å². The highest BCUT2D eigenvalue weighted by atomic mass is 16.5. The summed E-state index contributed by atoms with van der Waals surface area (Å²) in [5, 5.41) is 2.82. The van der Waals surface area contributed by atoms with Crippen LogP contribution in [0.1, 0.15) is 46.5 Å². The number of likely N-dealkylation sites (tertiary alicyclic amines) is 1. The van der Waals surface area contributed by atoms with Gasteiger partial charge >= 0.3 is 0 Å². The van der Waals surface area contributed by atoms with E-state index in [0.29, 0.717) is 18.7 Å². The number of anilines is 1. The zero-order valence-corrected chi connectivity index (χ0v) is 16.5. The number of piperidine rings is 1. The van der Waals surface area contributed by atoms with E-state index in [1.54, 1.807) is 31.4 Å². The summed E-state index contributed by atoms with van der Waals surface area (Å²) in [7, 11) is 1.59. The minimum atomic E-state index is -0.489. The van der Waals surface area contributed by atoms with Crippen LogP contribution in [0.5, 0.6) is 5.75 Å². The number of hydrogen-bond donors (Lipinski definition) is 1. The lowest BCUT2D eigenvalue weighted by atomic mass is 9.62. The van der Waals surface area contributed by atoms with Gasteiger partial charge in [0, 0.05) is 24.6 Å². The van der Waals surface area contributed by atoms with E-state index in [4.69, 9.17) is 4.74 Å². The van der Waals surface area contributed by atoms with Crippen LogP contribution in [0.25, 0.3) is 0 Å². The van der Waals surface area contributed by atoms with Gasteiger partial charge in [-0.15, -0.1) is 0 Å². The molecule has 6 heteroatoms. The zero-order valence-electron chi connectivity index (χ0n) is 16.5. The van der Waals surface area contributed by atoms with Crippen molar-refractivity contribution in [3.05, 3.63) is 24.3 Å². The standard InChI is InChI=1S/C21H28N2O4/c1-20(2)16-11-12-21(20,3)19(26)23(18(16)25)13-5-6-17(24)22-14-7-9-15(27-4)10-8-14/h7-10,16H,5-6,11-13H2,1-4H3,(H,22,24). The molecule has 0 aromatic heterocycles. The van der Waals surface area contributed by atoms with Crippen molar-refractivity contribution in [2.45, 2.75) is 46.5 Å². The number of imide groups is 1. The lowest BCUT2D eigenvalue weighted by Crippen LogP contribution is -2.59. The van der Waals surface area contributed by atoms with Gasteiger partial charge in [-0.25, -0.2) is 0 Å². The third-order valence-corrected chi connectivity index (χ3v) is 6.67. The van der Waals surface area contributed by atoms with Crippen LogP contribution < -0.4 is 10.1 Å². The highest BCUT2D eigenvalue weighted by Crippen LogP contribution is 2.60. The third-order valence-electron chi connectivity index (χ3n) is 6.67. The second-order valence-corrected chi connectivity index (χ2v) is 8.32. The predicted molar refractivity (Wildman–Crippen MR) is 102 cm³/mol. The molecule has 3 amide bonds. The van der Waals surface area contributed by atoms with Crippen molar-refractivity contribution < 1.29 is 19.1 Å². The quantitative estimate of drug-likeness (QED) is 0.778. The van der Waals surface area contributed by atoms with Crippen LogP contribution in [0.3, 0.4) is 0 Å². The molecule has 0 spiro atoms. The van der Waals surface area contributed by atoms with Crippen molar-refractivity contribution in [2.75, 3.05) is 19.0 Å². The van der Waals surface area contributed by atoms with Crippen LogP contribution in [-0.4, -0.2) is 36.3 Å². The molecule has 1 N–H and O–H groups in total. The van der Waals surface area contributed by atoms with E-state index in [9.17, 15) is 14.4 Å². The van der Waals surface area contributed by atoms with Gasteiger partial charge in [0.2, 0.25) is 17.7 Å². The van der Waals surface area contributed by atoms with Crippen molar-refractivity contribution in [2.24, 2.45) is 16.7 Å². The Morgan fingerprint density at radius 3 is 2.52 bits per heavy atom. The molecule has 1 saturated carbocycles. The molecule has 1 aromatic carbocycles. The maximum atomic E-state index is 13.0. The van der Waals surface area contributed by atoms with Crippen LogP contribution in [0.4, 0.5) is 5.69 Å². The van der Waals surface area contributed by atoms with Crippen molar-refractivity contribution >= 4 is 23.4 Å². The first kappa shape index (κ1) is 19.4. The van der Waals surface area contributed by atoms with E-state index in [-0.39, 0.29) is 35.5 Å². The van der Waals surface area contributed by atoms with Crippen LogP contribution in [0.2, 0.25) is 0 Å². The fourth-order valence-electron chi connectivity index (χ4n) is 4.41.